The van der Waals surface area contributed by atoms with Gasteiger partial charge < -0.3 is 14.2 Å². The minimum atomic E-state index is -0.0570. The molecule has 3 aromatic rings. The number of aromatic nitrogens is 3. The molecule has 1 aromatic carbocycles. The van der Waals surface area contributed by atoms with E-state index < -0.39 is 0 Å². The molecule has 0 unspecified atom stereocenters. The van der Waals surface area contributed by atoms with Gasteiger partial charge in [-0.15, -0.1) is 0 Å². The lowest BCUT2D eigenvalue weighted by Gasteiger charge is -2.22. The molecule has 1 aliphatic heterocycles. The molecule has 1 fully saturated rings. The van der Waals surface area contributed by atoms with Crippen molar-refractivity contribution in [2.75, 3.05) is 13.7 Å². The van der Waals surface area contributed by atoms with E-state index in [1.54, 1.807) is 19.5 Å². The second-order valence-electron chi connectivity index (χ2n) is 6.52. The first kappa shape index (κ1) is 17.2. The van der Waals surface area contributed by atoms with Gasteiger partial charge in [0.15, 0.2) is 5.76 Å². The van der Waals surface area contributed by atoms with E-state index in [-0.39, 0.29) is 11.9 Å². The van der Waals surface area contributed by atoms with Crippen LogP contribution >= 0.6 is 0 Å². The Hall–Kier alpha value is -3.22. The van der Waals surface area contributed by atoms with Crippen molar-refractivity contribution in [3.63, 3.8) is 0 Å². The third-order valence-corrected chi connectivity index (χ3v) is 4.75. The number of hydrogen-bond acceptors (Lipinski definition) is 6. The molecule has 7 heteroatoms. The second-order valence-corrected chi connectivity index (χ2v) is 6.52. The number of hydrogen-bond donors (Lipinski definition) is 0. The molecule has 1 saturated heterocycles. The van der Waals surface area contributed by atoms with Gasteiger partial charge in [0.25, 0.3) is 5.91 Å². The third-order valence-electron chi connectivity index (χ3n) is 4.75. The van der Waals surface area contributed by atoms with Gasteiger partial charge >= 0.3 is 0 Å². The van der Waals surface area contributed by atoms with Gasteiger partial charge in [0.1, 0.15) is 5.69 Å². The highest BCUT2D eigenvalue weighted by Crippen LogP contribution is 2.34. The Morgan fingerprint density at radius 2 is 2.00 bits per heavy atom. The Balaban J connectivity index is 1.57. The highest BCUT2D eigenvalue weighted by atomic mass is 16.5. The van der Waals surface area contributed by atoms with Crippen LogP contribution in [0.2, 0.25) is 0 Å². The lowest BCUT2D eigenvalue weighted by Crippen LogP contribution is -2.30. The summed E-state index contributed by atoms with van der Waals surface area (Å²) < 4.78 is 10.7. The number of carbonyl (C=O) groups excluding carboxylic acids is 1. The lowest BCUT2D eigenvalue weighted by molar-refractivity contribution is 0.0714. The Labute approximate surface area is 157 Å². The number of methoxy groups -OCH3 is 1. The Morgan fingerprint density at radius 1 is 1.22 bits per heavy atom. The van der Waals surface area contributed by atoms with E-state index in [0.717, 1.165) is 29.9 Å². The topological polar surface area (TPSA) is 81.4 Å². The zero-order valence-electron chi connectivity index (χ0n) is 15.3. The van der Waals surface area contributed by atoms with Gasteiger partial charge in [0.2, 0.25) is 5.88 Å². The number of likely N-dealkylation sites (tertiary alicyclic amines) is 1. The van der Waals surface area contributed by atoms with E-state index in [0.29, 0.717) is 23.7 Å². The molecule has 0 saturated carbocycles. The summed E-state index contributed by atoms with van der Waals surface area (Å²) in [4.78, 5) is 23.4. The van der Waals surface area contributed by atoms with E-state index in [1.807, 2.05) is 42.2 Å². The summed E-state index contributed by atoms with van der Waals surface area (Å²) in [5.74, 6) is 1.19. The minimum Gasteiger partial charge on any atom is -0.479 e. The molecule has 1 aliphatic rings. The van der Waals surface area contributed by atoms with E-state index in [4.69, 9.17) is 9.26 Å². The summed E-state index contributed by atoms with van der Waals surface area (Å²) in [7, 11) is 1.56. The van der Waals surface area contributed by atoms with Crippen molar-refractivity contribution in [1.82, 2.24) is 20.0 Å². The molecule has 0 N–H and O–H groups in total. The number of amides is 1. The number of nitrogens with zero attached hydrogens (tertiary/aromatic N) is 4. The summed E-state index contributed by atoms with van der Waals surface area (Å²) in [5, 5.41) is 3.95. The highest BCUT2D eigenvalue weighted by molar-refractivity contribution is 5.95. The molecule has 4 rings (SSSR count). The normalized spacial score (nSPS) is 16.5. The maximum Gasteiger partial charge on any atom is 0.254 e. The van der Waals surface area contributed by atoms with Gasteiger partial charge in [-0.1, -0.05) is 17.3 Å². The van der Waals surface area contributed by atoms with Crippen LogP contribution in [-0.4, -0.2) is 39.6 Å². The fourth-order valence-electron chi connectivity index (χ4n) is 3.46. The fraction of sp³-hybridized carbons (Fsp3) is 0.300. The van der Waals surface area contributed by atoms with Crippen molar-refractivity contribution in [3.05, 3.63) is 59.7 Å². The van der Waals surface area contributed by atoms with Crippen LogP contribution in [0, 0.1) is 6.92 Å². The van der Waals surface area contributed by atoms with Crippen molar-refractivity contribution in [2.45, 2.75) is 25.8 Å². The van der Waals surface area contributed by atoms with E-state index >= 15 is 0 Å². The monoisotopic (exact) mass is 364 g/mol. The van der Waals surface area contributed by atoms with Gasteiger partial charge in [0.05, 0.1) is 18.8 Å². The molecule has 0 aliphatic carbocycles. The minimum absolute atomic E-state index is 0.00999. The second kappa shape index (κ2) is 7.19. The molecule has 3 heterocycles. The number of aryl methyl sites for hydroxylation is 1. The van der Waals surface area contributed by atoms with E-state index in [1.165, 1.54) is 0 Å². The third kappa shape index (κ3) is 3.28. The van der Waals surface area contributed by atoms with E-state index in [9.17, 15) is 4.79 Å². The van der Waals surface area contributed by atoms with Crippen LogP contribution in [0.3, 0.4) is 0 Å². The predicted molar refractivity (Wildman–Crippen MR) is 98.3 cm³/mol. The van der Waals surface area contributed by atoms with Crippen molar-refractivity contribution >= 4 is 5.91 Å². The lowest BCUT2D eigenvalue weighted by atomic mass is 10.1. The molecule has 0 bridgehead atoms. The Bertz CT molecular complexity index is 952. The molecule has 7 nitrogen and oxygen atoms in total. The van der Waals surface area contributed by atoms with Gasteiger partial charge in [0, 0.05) is 36.1 Å². The molecular formula is C20H20N4O3. The number of carbonyl (C=O) groups is 1. The molecule has 0 radical (unpaired) electrons. The van der Waals surface area contributed by atoms with Gasteiger partial charge in [-0.2, -0.15) is 0 Å². The van der Waals surface area contributed by atoms with Crippen LogP contribution in [0.4, 0.5) is 0 Å². The van der Waals surface area contributed by atoms with Crippen LogP contribution < -0.4 is 4.74 Å². The summed E-state index contributed by atoms with van der Waals surface area (Å²) in [5.41, 5.74) is 2.95. The van der Waals surface area contributed by atoms with Gasteiger partial charge in [-0.25, -0.2) is 9.97 Å². The predicted octanol–water partition coefficient (Wildman–Crippen LogP) is 3.43. The molecule has 27 heavy (non-hydrogen) atoms. The fourth-order valence-corrected chi connectivity index (χ4v) is 3.46. The van der Waals surface area contributed by atoms with Crippen LogP contribution in [0.1, 0.15) is 40.7 Å². The van der Waals surface area contributed by atoms with Gasteiger partial charge in [-0.3, -0.25) is 4.79 Å². The summed E-state index contributed by atoms with van der Waals surface area (Å²) in [6.45, 7) is 2.59. The summed E-state index contributed by atoms with van der Waals surface area (Å²) in [6.07, 6.45) is 5.03. The van der Waals surface area contributed by atoms with Crippen LogP contribution in [0.5, 0.6) is 5.88 Å². The standard InChI is InChI=1S/C20H20N4O3/c1-13-12-17(27-23-13)16-4-3-11-24(16)20(25)15-7-5-14(6-8-15)18-19(26-2)22-10-9-21-18/h5-10,12,16H,3-4,11H2,1-2H3/t16-/m1/s1. The molecule has 2 aromatic heterocycles. The van der Waals surface area contributed by atoms with E-state index in [2.05, 4.69) is 15.1 Å². The van der Waals surface area contributed by atoms with Crippen molar-refractivity contribution < 1.29 is 14.1 Å². The van der Waals surface area contributed by atoms with Crippen LogP contribution in [-0.2, 0) is 0 Å². The van der Waals surface area contributed by atoms with Crippen molar-refractivity contribution in [1.29, 1.82) is 0 Å². The number of benzene rings is 1. The summed E-state index contributed by atoms with van der Waals surface area (Å²) in [6, 6.07) is 9.20. The molecule has 1 amide bonds. The SMILES string of the molecule is COc1nccnc1-c1ccc(C(=O)N2CCC[C@@H]2c2cc(C)no2)cc1. The largest absolute Gasteiger partial charge is 0.479 e. The molecule has 138 valence electrons. The zero-order chi connectivity index (χ0) is 18.8. The smallest absolute Gasteiger partial charge is 0.254 e. The number of rotatable bonds is 4. The van der Waals surface area contributed by atoms with Crippen LogP contribution in [0.15, 0.2) is 47.2 Å². The first-order valence-electron chi connectivity index (χ1n) is 8.87. The van der Waals surface area contributed by atoms with Crippen molar-refractivity contribution in [3.8, 4) is 17.1 Å². The maximum atomic E-state index is 13.0. The molecule has 1 atom stereocenters. The summed E-state index contributed by atoms with van der Waals surface area (Å²) >= 11 is 0. The Morgan fingerprint density at radius 3 is 2.70 bits per heavy atom. The molecule has 0 spiro atoms. The number of ether oxygens (including phenoxy) is 1. The van der Waals surface area contributed by atoms with Crippen LogP contribution in [0.25, 0.3) is 11.3 Å². The highest BCUT2D eigenvalue weighted by Gasteiger charge is 2.33. The average molecular weight is 364 g/mol. The molecular weight excluding hydrogens is 344 g/mol. The van der Waals surface area contributed by atoms with Crippen molar-refractivity contribution in [2.24, 2.45) is 0 Å². The first-order chi connectivity index (χ1) is 13.2. The average Bonchev–Trinajstić information content (AvgIpc) is 3.36. The zero-order valence-corrected chi connectivity index (χ0v) is 15.3. The quantitative estimate of drug-likeness (QED) is 0.705. The maximum absolute atomic E-state index is 13.0. The first-order valence-corrected chi connectivity index (χ1v) is 8.87. The Kier molecular flexibility index (Phi) is 4.58. The van der Waals surface area contributed by atoms with Gasteiger partial charge in [-0.05, 0) is 31.9 Å².